The Kier molecular flexibility index (Phi) is 23.8. The number of carboxylic acids is 1. The number of hydrogen-bond donors (Lipinski definition) is 2. The number of aliphatic hydroxyl groups excluding tert-OH is 1. The molecule has 23 heavy (non-hydrogen) atoms. The number of allylic oxidation sites excluding steroid dienone is 6. The third-order valence-electron chi connectivity index (χ3n) is 3.03. The monoisotopic (exact) mass is 324 g/mol. The van der Waals surface area contributed by atoms with Gasteiger partial charge in [-0.2, -0.15) is 0 Å². The lowest BCUT2D eigenvalue weighted by molar-refractivity contribution is -0.137. The van der Waals surface area contributed by atoms with E-state index >= 15 is 0 Å². The average Bonchev–Trinajstić information content (AvgIpc) is 2.51. The highest BCUT2D eigenvalue weighted by atomic mass is 16.4. The van der Waals surface area contributed by atoms with E-state index in [0.29, 0.717) is 6.42 Å². The number of unbranched alkanes of at least 4 members (excludes halogenated alkanes) is 5. The summed E-state index contributed by atoms with van der Waals surface area (Å²) in [6.45, 7) is 4.16. The molecule has 0 saturated carbocycles. The molecule has 0 aromatic rings. The molecule has 0 aliphatic rings. The lowest BCUT2D eigenvalue weighted by Gasteiger charge is -1.92. The summed E-state index contributed by atoms with van der Waals surface area (Å²) in [5.41, 5.74) is 0. The molecule has 0 aromatic carbocycles. The minimum Gasteiger partial charge on any atom is -0.481 e. The fraction of sp³-hybridized carbons (Fsp3) is 0.650. The first-order chi connectivity index (χ1) is 11.2. The molecule has 0 spiro atoms. The zero-order valence-electron chi connectivity index (χ0n) is 15.0. The highest BCUT2D eigenvalue weighted by molar-refractivity contribution is 5.66. The molecule has 0 bridgehead atoms. The predicted molar refractivity (Wildman–Crippen MR) is 99.7 cm³/mol. The van der Waals surface area contributed by atoms with Gasteiger partial charge in [0.2, 0.25) is 0 Å². The van der Waals surface area contributed by atoms with Gasteiger partial charge in [-0.05, 0) is 51.9 Å². The average molecular weight is 325 g/mol. The van der Waals surface area contributed by atoms with Crippen LogP contribution in [0.2, 0.25) is 0 Å². The van der Waals surface area contributed by atoms with Gasteiger partial charge in [-0.1, -0.05) is 56.2 Å². The van der Waals surface area contributed by atoms with Crippen LogP contribution < -0.4 is 0 Å². The smallest absolute Gasteiger partial charge is 0.303 e. The summed E-state index contributed by atoms with van der Waals surface area (Å²) in [5.74, 6) is -0.695. The Morgan fingerprint density at radius 3 is 1.65 bits per heavy atom. The van der Waals surface area contributed by atoms with Gasteiger partial charge in [0.15, 0.2) is 0 Å². The summed E-state index contributed by atoms with van der Waals surface area (Å²) < 4.78 is 0. The van der Waals surface area contributed by atoms with Gasteiger partial charge in [-0.15, -0.1) is 0 Å². The summed E-state index contributed by atoms with van der Waals surface area (Å²) in [6.07, 6.45) is 23.3. The lowest BCUT2D eigenvalue weighted by Crippen LogP contribution is -1.92. The number of carboxylic acid groups (broad SMARTS) is 1. The Balaban J connectivity index is 0. The van der Waals surface area contributed by atoms with Gasteiger partial charge in [0.25, 0.3) is 0 Å². The zero-order valence-corrected chi connectivity index (χ0v) is 15.0. The first-order valence-corrected chi connectivity index (χ1v) is 8.96. The van der Waals surface area contributed by atoms with E-state index in [2.05, 4.69) is 43.4 Å². The molecule has 134 valence electrons. The van der Waals surface area contributed by atoms with E-state index in [0.717, 1.165) is 32.1 Å². The van der Waals surface area contributed by atoms with Crippen LogP contribution in [0, 0.1) is 0 Å². The molecule has 0 amide bonds. The molecule has 0 aliphatic heterocycles. The Hall–Kier alpha value is -1.35. The highest BCUT2D eigenvalue weighted by Crippen LogP contribution is 2.02. The zero-order chi connectivity index (χ0) is 17.6. The van der Waals surface area contributed by atoms with Crippen molar-refractivity contribution in [3.63, 3.8) is 0 Å². The lowest BCUT2D eigenvalue weighted by atomic mass is 10.2. The molecule has 0 aromatic heterocycles. The van der Waals surface area contributed by atoms with Crippen LogP contribution in [0.4, 0.5) is 0 Å². The maximum atomic E-state index is 10.3. The predicted octanol–water partition coefficient (Wildman–Crippen LogP) is 5.66. The molecule has 0 atom stereocenters. The minimum atomic E-state index is -0.695. The topological polar surface area (TPSA) is 57.5 Å². The Morgan fingerprint density at radius 2 is 1.22 bits per heavy atom. The van der Waals surface area contributed by atoms with E-state index in [9.17, 15) is 4.79 Å². The van der Waals surface area contributed by atoms with E-state index in [-0.39, 0.29) is 6.61 Å². The van der Waals surface area contributed by atoms with Crippen LogP contribution in [0.1, 0.15) is 78.1 Å². The summed E-state index contributed by atoms with van der Waals surface area (Å²) in [5, 5.41) is 16.1. The van der Waals surface area contributed by atoms with E-state index in [1.165, 1.54) is 25.7 Å². The molecule has 0 aliphatic carbocycles. The van der Waals surface area contributed by atoms with Crippen molar-refractivity contribution in [1.29, 1.82) is 0 Å². The van der Waals surface area contributed by atoms with Gasteiger partial charge in [0, 0.05) is 13.0 Å². The molecule has 0 rings (SSSR count). The second kappa shape index (κ2) is 22.9. The molecule has 0 radical (unpaired) electrons. The van der Waals surface area contributed by atoms with Gasteiger partial charge in [-0.25, -0.2) is 0 Å². The van der Waals surface area contributed by atoms with Crippen molar-refractivity contribution in [2.45, 2.75) is 78.1 Å². The van der Waals surface area contributed by atoms with E-state index < -0.39 is 5.97 Å². The number of hydrogen-bond acceptors (Lipinski definition) is 2. The van der Waals surface area contributed by atoms with Crippen LogP contribution in [0.3, 0.4) is 0 Å². The van der Waals surface area contributed by atoms with Crippen molar-refractivity contribution < 1.29 is 15.0 Å². The molecule has 0 fully saturated rings. The normalized spacial score (nSPS) is 11.3. The minimum absolute atomic E-state index is 0.250. The van der Waals surface area contributed by atoms with Gasteiger partial charge in [0.1, 0.15) is 0 Å². The molecule has 3 heteroatoms. The van der Waals surface area contributed by atoms with Crippen LogP contribution >= 0.6 is 0 Å². The van der Waals surface area contributed by atoms with Crippen LogP contribution in [-0.4, -0.2) is 22.8 Å². The van der Waals surface area contributed by atoms with Gasteiger partial charge in [-0.3, -0.25) is 4.79 Å². The second-order valence-electron chi connectivity index (χ2n) is 5.34. The van der Waals surface area contributed by atoms with Crippen molar-refractivity contribution in [2.75, 3.05) is 6.61 Å². The van der Waals surface area contributed by atoms with Crippen LogP contribution in [0.25, 0.3) is 0 Å². The molecule has 2 N–H and O–H groups in total. The molecule has 3 nitrogen and oxygen atoms in total. The van der Waals surface area contributed by atoms with Gasteiger partial charge < -0.3 is 10.2 Å². The second-order valence-corrected chi connectivity index (χ2v) is 5.34. The van der Waals surface area contributed by atoms with Gasteiger partial charge in [0.05, 0.1) is 0 Å². The summed E-state index contributed by atoms with van der Waals surface area (Å²) in [4.78, 5) is 10.3. The fourth-order valence-electron chi connectivity index (χ4n) is 1.83. The van der Waals surface area contributed by atoms with Crippen molar-refractivity contribution in [3.05, 3.63) is 36.5 Å². The molecular weight excluding hydrogens is 288 g/mol. The third kappa shape index (κ3) is 29.3. The van der Waals surface area contributed by atoms with Gasteiger partial charge >= 0.3 is 5.97 Å². The maximum absolute atomic E-state index is 10.3. The van der Waals surface area contributed by atoms with Crippen LogP contribution in [0.15, 0.2) is 36.5 Å². The highest BCUT2D eigenvalue weighted by Gasteiger charge is 1.93. The molecule has 0 saturated heterocycles. The maximum Gasteiger partial charge on any atom is 0.303 e. The summed E-state index contributed by atoms with van der Waals surface area (Å²) in [7, 11) is 0. The summed E-state index contributed by atoms with van der Waals surface area (Å²) in [6, 6.07) is 0. The Labute approximate surface area is 142 Å². The largest absolute Gasteiger partial charge is 0.481 e. The van der Waals surface area contributed by atoms with Crippen LogP contribution in [-0.2, 0) is 4.79 Å². The van der Waals surface area contributed by atoms with Crippen molar-refractivity contribution in [1.82, 2.24) is 0 Å². The summed E-state index contributed by atoms with van der Waals surface area (Å²) >= 11 is 0. The first kappa shape index (κ1) is 23.9. The first-order valence-electron chi connectivity index (χ1n) is 8.96. The van der Waals surface area contributed by atoms with Crippen molar-refractivity contribution in [2.24, 2.45) is 0 Å². The quantitative estimate of drug-likeness (QED) is 0.339. The number of aliphatic hydroxyl groups is 1. The Bertz CT molecular complexity index is 317. The van der Waals surface area contributed by atoms with E-state index in [1.54, 1.807) is 6.92 Å². The van der Waals surface area contributed by atoms with E-state index in [4.69, 9.17) is 10.2 Å². The standard InChI is InChI=1S/C18H30O2.C2H6O/c1-2-3-4-5-6-7-8-9-10-11-12-13-14-15-16-17-18(19)20;1-2-3/h6-7,9-10,12-13H,2-5,8,11,14-17H2,1H3,(H,19,20);3H,2H2,1H3/b7-6-,10-9-,13-12-;. The molecule has 0 unspecified atom stereocenters. The van der Waals surface area contributed by atoms with E-state index in [1.807, 2.05) is 0 Å². The number of aliphatic carboxylic acids is 1. The van der Waals surface area contributed by atoms with Crippen molar-refractivity contribution >= 4 is 5.97 Å². The Morgan fingerprint density at radius 1 is 0.783 bits per heavy atom. The fourth-order valence-corrected chi connectivity index (χ4v) is 1.83. The molecule has 0 heterocycles. The number of rotatable bonds is 13. The third-order valence-corrected chi connectivity index (χ3v) is 3.03. The SMILES string of the molecule is CCCCC/C=C\C/C=C\C/C=C\CCCCC(=O)O.CCO. The van der Waals surface area contributed by atoms with Crippen LogP contribution in [0.5, 0.6) is 0 Å². The number of carbonyl (C=O) groups is 1. The molecular formula is C20H36O3. The van der Waals surface area contributed by atoms with Crippen molar-refractivity contribution in [3.8, 4) is 0 Å².